The van der Waals surface area contributed by atoms with E-state index in [1.165, 1.54) is 0 Å². The second-order valence-electron chi connectivity index (χ2n) is 4.64. The fourth-order valence-corrected chi connectivity index (χ4v) is 2.02. The largest absolute Gasteiger partial charge is 0.459 e. The number of alkyl halides is 1. The molecule has 0 saturated heterocycles. The van der Waals surface area contributed by atoms with Gasteiger partial charge >= 0.3 is 5.97 Å². The number of ether oxygens (including phenoxy) is 1. The Morgan fingerprint density at radius 2 is 1.59 bits per heavy atom. The van der Waals surface area contributed by atoms with Crippen LogP contribution in [0.25, 0.3) is 0 Å². The number of benzene rings is 2. The molecule has 2 aromatic carbocycles. The molecular formula is C17H16ClNO3. The highest BCUT2D eigenvalue weighted by Gasteiger charge is 2.21. The summed E-state index contributed by atoms with van der Waals surface area (Å²) in [7, 11) is 0. The van der Waals surface area contributed by atoms with Crippen LogP contribution in [0.3, 0.4) is 0 Å². The molecule has 2 rings (SSSR count). The standard InChI is InChI=1S/C17H16ClNO3/c18-11-15(19-16(20)14-9-5-2-6-10-14)17(21)22-12-13-7-3-1-4-8-13/h1-10,15H,11-12H2,(H,19,20)/t15-/m0/s1. The number of hydrogen-bond donors (Lipinski definition) is 1. The molecule has 1 atom stereocenters. The summed E-state index contributed by atoms with van der Waals surface area (Å²) in [5.41, 5.74) is 1.34. The molecule has 0 heterocycles. The zero-order valence-corrected chi connectivity index (χ0v) is 12.6. The van der Waals surface area contributed by atoms with Crippen molar-refractivity contribution in [3.8, 4) is 0 Å². The van der Waals surface area contributed by atoms with E-state index < -0.39 is 12.0 Å². The van der Waals surface area contributed by atoms with Crippen molar-refractivity contribution >= 4 is 23.5 Å². The molecule has 0 aliphatic heterocycles. The number of halogens is 1. The van der Waals surface area contributed by atoms with Crippen LogP contribution in [0.15, 0.2) is 60.7 Å². The second kappa shape index (κ2) is 8.20. The Morgan fingerprint density at radius 1 is 1.00 bits per heavy atom. The summed E-state index contributed by atoms with van der Waals surface area (Å²) in [6, 6.07) is 17.1. The molecule has 0 unspecified atom stereocenters. The Balaban J connectivity index is 1.90. The van der Waals surface area contributed by atoms with Crippen molar-refractivity contribution in [1.29, 1.82) is 0 Å². The minimum Gasteiger partial charge on any atom is -0.459 e. The first-order valence-electron chi connectivity index (χ1n) is 6.83. The van der Waals surface area contributed by atoms with Crippen LogP contribution in [-0.4, -0.2) is 23.8 Å². The zero-order valence-electron chi connectivity index (χ0n) is 11.9. The highest BCUT2D eigenvalue weighted by molar-refractivity contribution is 6.20. The van der Waals surface area contributed by atoms with Crippen LogP contribution in [0.5, 0.6) is 0 Å². The predicted molar refractivity (Wildman–Crippen MR) is 84.7 cm³/mol. The normalized spacial score (nSPS) is 11.5. The molecule has 0 bridgehead atoms. The van der Waals surface area contributed by atoms with Gasteiger partial charge in [-0.25, -0.2) is 4.79 Å². The Bertz CT molecular complexity index is 616. The van der Waals surface area contributed by atoms with E-state index in [0.717, 1.165) is 5.56 Å². The van der Waals surface area contributed by atoms with Crippen molar-refractivity contribution in [2.75, 3.05) is 5.88 Å². The first-order valence-corrected chi connectivity index (χ1v) is 7.36. The van der Waals surface area contributed by atoms with Crippen LogP contribution in [0.2, 0.25) is 0 Å². The number of carbonyl (C=O) groups is 2. The molecule has 0 spiro atoms. The molecule has 1 amide bonds. The van der Waals surface area contributed by atoms with E-state index in [4.69, 9.17) is 16.3 Å². The van der Waals surface area contributed by atoms with Crippen molar-refractivity contribution in [2.45, 2.75) is 12.6 Å². The number of carbonyl (C=O) groups excluding carboxylic acids is 2. The fraction of sp³-hybridized carbons (Fsp3) is 0.176. The second-order valence-corrected chi connectivity index (χ2v) is 4.95. The number of amides is 1. The predicted octanol–water partition coefficient (Wildman–Crippen LogP) is 2.77. The average molecular weight is 318 g/mol. The van der Waals surface area contributed by atoms with Gasteiger partial charge < -0.3 is 10.1 Å². The van der Waals surface area contributed by atoms with Gasteiger partial charge in [-0.05, 0) is 17.7 Å². The van der Waals surface area contributed by atoms with Gasteiger partial charge in [0.1, 0.15) is 12.6 Å². The minimum absolute atomic E-state index is 0.0494. The Labute approximate surface area is 134 Å². The van der Waals surface area contributed by atoms with Crippen LogP contribution >= 0.6 is 11.6 Å². The number of rotatable bonds is 6. The Morgan fingerprint density at radius 3 is 2.18 bits per heavy atom. The van der Waals surface area contributed by atoms with E-state index >= 15 is 0 Å². The van der Waals surface area contributed by atoms with Gasteiger partial charge in [0.25, 0.3) is 5.91 Å². The van der Waals surface area contributed by atoms with E-state index in [2.05, 4.69) is 5.32 Å². The third-order valence-electron chi connectivity index (χ3n) is 3.00. The van der Waals surface area contributed by atoms with Gasteiger partial charge in [0, 0.05) is 5.56 Å². The lowest BCUT2D eigenvalue weighted by Crippen LogP contribution is -2.43. The van der Waals surface area contributed by atoms with Crippen LogP contribution in [-0.2, 0) is 16.1 Å². The van der Waals surface area contributed by atoms with Gasteiger partial charge in [-0.2, -0.15) is 0 Å². The zero-order chi connectivity index (χ0) is 15.8. The summed E-state index contributed by atoms with van der Waals surface area (Å²) in [4.78, 5) is 24.0. The minimum atomic E-state index is -0.877. The van der Waals surface area contributed by atoms with Gasteiger partial charge in [-0.3, -0.25) is 4.79 Å². The highest BCUT2D eigenvalue weighted by atomic mass is 35.5. The molecule has 0 aliphatic carbocycles. The fourth-order valence-electron chi connectivity index (χ4n) is 1.82. The first kappa shape index (κ1) is 16.0. The molecule has 4 nitrogen and oxygen atoms in total. The summed E-state index contributed by atoms with van der Waals surface area (Å²) in [5, 5.41) is 2.57. The summed E-state index contributed by atoms with van der Waals surface area (Å²) in [5.74, 6) is -0.960. The van der Waals surface area contributed by atoms with Gasteiger partial charge in [0.2, 0.25) is 0 Å². The van der Waals surface area contributed by atoms with E-state index in [-0.39, 0.29) is 18.4 Å². The molecule has 0 aliphatic rings. The number of esters is 1. The molecule has 0 aromatic heterocycles. The van der Waals surface area contributed by atoms with Crippen LogP contribution in [0.4, 0.5) is 0 Å². The van der Waals surface area contributed by atoms with Crippen molar-refractivity contribution in [2.24, 2.45) is 0 Å². The SMILES string of the molecule is O=C(N[C@@H](CCl)C(=O)OCc1ccccc1)c1ccccc1. The summed E-state index contributed by atoms with van der Waals surface area (Å²) >= 11 is 5.76. The Hall–Kier alpha value is -2.33. The molecular weight excluding hydrogens is 302 g/mol. The average Bonchev–Trinajstić information content (AvgIpc) is 2.59. The first-order chi connectivity index (χ1) is 10.7. The maximum absolute atomic E-state index is 12.0. The lowest BCUT2D eigenvalue weighted by molar-refractivity contribution is -0.146. The molecule has 114 valence electrons. The third kappa shape index (κ3) is 4.60. The van der Waals surface area contributed by atoms with Gasteiger partial charge in [0.05, 0.1) is 5.88 Å². The summed E-state index contributed by atoms with van der Waals surface area (Å²) in [6.45, 7) is 0.147. The number of hydrogen-bond acceptors (Lipinski definition) is 3. The van der Waals surface area contributed by atoms with Crippen molar-refractivity contribution in [1.82, 2.24) is 5.32 Å². The van der Waals surface area contributed by atoms with E-state index in [9.17, 15) is 9.59 Å². The van der Waals surface area contributed by atoms with Gasteiger partial charge in [-0.1, -0.05) is 48.5 Å². The van der Waals surface area contributed by atoms with Gasteiger partial charge in [0.15, 0.2) is 0 Å². The third-order valence-corrected chi connectivity index (χ3v) is 3.31. The molecule has 0 saturated carbocycles. The maximum atomic E-state index is 12.0. The molecule has 2 aromatic rings. The lowest BCUT2D eigenvalue weighted by Gasteiger charge is -2.15. The van der Waals surface area contributed by atoms with Crippen molar-refractivity contribution in [3.05, 3.63) is 71.8 Å². The molecule has 0 fully saturated rings. The van der Waals surface area contributed by atoms with E-state index in [0.29, 0.717) is 5.56 Å². The smallest absolute Gasteiger partial charge is 0.330 e. The van der Waals surface area contributed by atoms with Gasteiger partial charge in [-0.15, -0.1) is 11.6 Å². The van der Waals surface area contributed by atoms with Crippen LogP contribution in [0, 0.1) is 0 Å². The summed E-state index contributed by atoms with van der Waals surface area (Å²) < 4.78 is 5.18. The quantitative estimate of drug-likeness (QED) is 0.658. The number of nitrogens with one attached hydrogen (secondary N) is 1. The topological polar surface area (TPSA) is 55.4 Å². The maximum Gasteiger partial charge on any atom is 0.330 e. The monoisotopic (exact) mass is 317 g/mol. The molecule has 1 N–H and O–H groups in total. The molecule has 5 heteroatoms. The molecule has 0 radical (unpaired) electrons. The van der Waals surface area contributed by atoms with Crippen molar-refractivity contribution < 1.29 is 14.3 Å². The lowest BCUT2D eigenvalue weighted by atomic mass is 10.2. The molecule has 22 heavy (non-hydrogen) atoms. The Kier molecular flexibility index (Phi) is 5.98. The van der Waals surface area contributed by atoms with Crippen molar-refractivity contribution in [3.63, 3.8) is 0 Å². The van der Waals surface area contributed by atoms with E-state index in [1.54, 1.807) is 24.3 Å². The van der Waals surface area contributed by atoms with Crippen LogP contribution in [0.1, 0.15) is 15.9 Å². The highest BCUT2D eigenvalue weighted by Crippen LogP contribution is 2.04. The van der Waals surface area contributed by atoms with E-state index in [1.807, 2.05) is 36.4 Å². The summed E-state index contributed by atoms with van der Waals surface area (Å²) in [6.07, 6.45) is 0. The van der Waals surface area contributed by atoms with Crippen LogP contribution < -0.4 is 5.32 Å².